The summed E-state index contributed by atoms with van der Waals surface area (Å²) in [7, 11) is 0. The van der Waals surface area contributed by atoms with E-state index >= 15 is 0 Å². The number of carbonyl (C=O) groups is 2. The molecular formula is C19H20ClN7O6. The Morgan fingerprint density at radius 1 is 1.24 bits per heavy atom. The van der Waals surface area contributed by atoms with Crippen LogP contribution >= 0.6 is 11.6 Å². The highest BCUT2D eigenvalue weighted by Crippen LogP contribution is 2.23. The fourth-order valence-corrected chi connectivity index (χ4v) is 3.05. The van der Waals surface area contributed by atoms with Gasteiger partial charge in [0.15, 0.2) is 12.4 Å². The van der Waals surface area contributed by atoms with Gasteiger partial charge in [0.05, 0.1) is 9.95 Å². The van der Waals surface area contributed by atoms with Crippen LogP contribution < -0.4 is 15.4 Å². The van der Waals surface area contributed by atoms with Crippen LogP contribution in [0.15, 0.2) is 28.8 Å². The average Bonchev–Trinajstić information content (AvgIpc) is 3.34. The van der Waals surface area contributed by atoms with E-state index in [2.05, 4.69) is 25.9 Å². The molecule has 0 spiro atoms. The van der Waals surface area contributed by atoms with Gasteiger partial charge in [-0.15, -0.1) is 0 Å². The monoisotopic (exact) mass is 477 g/mol. The summed E-state index contributed by atoms with van der Waals surface area (Å²) in [6.07, 6.45) is 0. The van der Waals surface area contributed by atoms with Gasteiger partial charge in [-0.2, -0.15) is 10.1 Å². The molecule has 33 heavy (non-hydrogen) atoms. The Morgan fingerprint density at radius 3 is 2.67 bits per heavy atom. The predicted octanol–water partition coefficient (Wildman–Crippen LogP) is 1.42. The fourth-order valence-electron chi connectivity index (χ4n) is 2.86. The van der Waals surface area contributed by atoms with Crippen LogP contribution in [0.3, 0.4) is 0 Å². The van der Waals surface area contributed by atoms with Crippen LogP contribution in [0.5, 0.6) is 5.75 Å². The lowest BCUT2D eigenvalue weighted by Crippen LogP contribution is -2.36. The van der Waals surface area contributed by atoms with Crippen LogP contribution in [0.1, 0.15) is 27.9 Å². The summed E-state index contributed by atoms with van der Waals surface area (Å²) >= 11 is 5.95. The highest BCUT2D eigenvalue weighted by molar-refractivity contribution is 6.32. The van der Waals surface area contributed by atoms with Gasteiger partial charge >= 0.3 is 17.5 Å². The molecule has 0 radical (unpaired) electrons. The summed E-state index contributed by atoms with van der Waals surface area (Å²) in [5, 5.41) is 24.4. The standard InChI is InChI=1S/C19H20ClN7O6/c1-11-17(27(30)31)12(2)26(24-11)9-15-23-19(33-25-15)18(29)22-8-7-21-16(28)10-32-14-6-4-3-5-13(14)20/h3-6H,7-10H2,1-2H3,(H,21,28)(H,22,29). The number of ether oxygens (including phenoxy) is 1. The summed E-state index contributed by atoms with van der Waals surface area (Å²) in [6, 6.07) is 6.77. The molecule has 3 aromatic rings. The van der Waals surface area contributed by atoms with Gasteiger partial charge in [-0.05, 0) is 26.0 Å². The normalized spacial score (nSPS) is 10.6. The van der Waals surface area contributed by atoms with E-state index in [0.717, 1.165) is 0 Å². The molecule has 174 valence electrons. The number of nitro groups is 1. The van der Waals surface area contributed by atoms with E-state index in [1.54, 1.807) is 31.2 Å². The number of hydrogen-bond acceptors (Lipinski definition) is 9. The maximum atomic E-state index is 12.1. The van der Waals surface area contributed by atoms with E-state index in [1.165, 1.54) is 11.6 Å². The van der Waals surface area contributed by atoms with Crippen molar-refractivity contribution in [3.8, 4) is 5.75 Å². The Balaban J connectivity index is 1.43. The van der Waals surface area contributed by atoms with Crippen LogP contribution in [0, 0.1) is 24.0 Å². The van der Waals surface area contributed by atoms with Crippen molar-refractivity contribution in [2.24, 2.45) is 0 Å². The predicted molar refractivity (Wildman–Crippen MR) is 114 cm³/mol. The summed E-state index contributed by atoms with van der Waals surface area (Å²) in [5.74, 6) is -0.775. The van der Waals surface area contributed by atoms with Crippen molar-refractivity contribution in [3.63, 3.8) is 0 Å². The molecule has 0 saturated carbocycles. The highest BCUT2D eigenvalue weighted by Gasteiger charge is 2.23. The molecule has 0 fully saturated rings. The van der Waals surface area contributed by atoms with E-state index in [1.807, 2.05) is 0 Å². The van der Waals surface area contributed by atoms with E-state index in [9.17, 15) is 19.7 Å². The zero-order valence-electron chi connectivity index (χ0n) is 17.7. The van der Waals surface area contributed by atoms with Crippen molar-refractivity contribution < 1.29 is 23.8 Å². The van der Waals surface area contributed by atoms with Crippen molar-refractivity contribution in [2.45, 2.75) is 20.4 Å². The lowest BCUT2D eigenvalue weighted by Gasteiger charge is -2.08. The Labute approximate surface area is 192 Å². The van der Waals surface area contributed by atoms with Crippen LogP contribution in [0.4, 0.5) is 5.69 Å². The van der Waals surface area contributed by atoms with Gasteiger partial charge < -0.3 is 19.9 Å². The minimum atomic E-state index is -0.630. The molecule has 14 heteroatoms. The maximum absolute atomic E-state index is 12.1. The number of aryl methyl sites for hydroxylation is 1. The molecule has 0 unspecified atom stereocenters. The first-order valence-electron chi connectivity index (χ1n) is 9.69. The molecule has 0 atom stereocenters. The summed E-state index contributed by atoms with van der Waals surface area (Å²) in [5.41, 5.74) is 0.511. The van der Waals surface area contributed by atoms with Crippen molar-refractivity contribution in [1.29, 1.82) is 0 Å². The number of hydrogen-bond donors (Lipinski definition) is 2. The molecule has 3 rings (SSSR count). The molecule has 2 amide bonds. The Bertz CT molecular complexity index is 1180. The number of aromatic nitrogens is 4. The number of amides is 2. The van der Waals surface area contributed by atoms with Crippen LogP contribution in [0.25, 0.3) is 0 Å². The molecule has 2 N–H and O–H groups in total. The number of halogens is 1. The van der Waals surface area contributed by atoms with E-state index in [4.69, 9.17) is 20.9 Å². The molecule has 2 heterocycles. The summed E-state index contributed by atoms with van der Waals surface area (Å²) < 4.78 is 11.6. The first-order chi connectivity index (χ1) is 15.8. The Hall–Kier alpha value is -4.00. The number of nitrogens with zero attached hydrogens (tertiary/aromatic N) is 5. The van der Waals surface area contributed by atoms with Crippen LogP contribution in [-0.4, -0.2) is 56.4 Å². The van der Waals surface area contributed by atoms with Gasteiger partial charge in [0, 0.05) is 13.1 Å². The van der Waals surface area contributed by atoms with Gasteiger partial charge in [0.25, 0.3) is 5.91 Å². The van der Waals surface area contributed by atoms with Crippen LogP contribution in [-0.2, 0) is 11.3 Å². The van der Waals surface area contributed by atoms with Gasteiger partial charge in [-0.1, -0.05) is 28.9 Å². The minimum Gasteiger partial charge on any atom is -0.482 e. The summed E-state index contributed by atoms with van der Waals surface area (Å²) in [4.78, 5) is 38.5. The Morgan fingerprint density at radius 2 is 1.97 bits per heavy atom. The fraction of sp³-hybridized carbons (Fsp3) is 0.316. The molecular weight excluding hydrogens is 458 g/mol. The van der Waals surface area contributed by atoms with Gasteiger partial charge in [-0.25, -0.2) is 0 Å². The van der Waals surface area contributed by atoms with Crippen LogP contribution in [0.2, 0.25) is 5.02 Å². The van der Waals surface area contributed by atoms with Crippen molar-refractivity contribution in [1.82, 2.24) is 30.6 Å². The molecule has 0 aliphatic heterocycles. The largest absolute Gasteiger partial charge is 0.482 e. The third kappa shape index (κ3) is 6.04. The lowest BCUT2D eigenvalue weighted by atomic mass is 10.3. The number of rotatable bonds is 10. The van der Waals surface area contributed by atoms with Gasteiger partial charge in [0.1, 0.15) is 23.7 Å². The third-order valence-electron chi connectivity index (χ3n) is 4.41. The number of benzene rings is 1. The zero-order chi connectivity index (χ0) is 24.0. The second-order valence-electron chi connectivity index (χ2n) is 6.77. The third-order valence-corrected chi connectivity index (χ3v) is 4.72. The Kier molecular flexibility index (Phi) is 7.56. The molecule has 0 bridgehead atoms. The molecule has 0 saturated heterocycles. The second-order valence-corrected chi connectivity index (χ2v) is 7.18. The highest BCUT2D eigenvalue weighted by atomic mass is 35.5. The van der Waals surface area contributed by atoms with E-state index < -0.39 is 10.8 Å². The number of carbonyl (C=O) groups excluding carboxylic acids is 2. The van der Waals surface area contributed by atoms with Crippen molar-refractivity contribution >= 4 is 29.1 Å². The van der Waals surface area contributed by atoms with Gasteiger partial charge in [0.2, 0.25) is 0 Å². The van der Waals surface area contributed by atoms with Crippen molar-refractivity contribution in [3.05, 3.63) is 62.5 Å². The van der Waals surface area contributed by atoms with E-state index in [-0.39, 0.29) is 55.2 Å². The molecule has 0 aliphatic rings. The first-order valence-corrected chi connectivity index (χ1v) is 10.1. The second kappa shape index (κ2) is 10.5. The minimum absolute atomic E-state index is 0.00121. The number of nitrogens with one attached hydrogen (secondary N) is 2. The average molecular weight is 478 g/mol. The quantitative estimate of drug-likeness (QED) is 0.249. The lowest BCUT2D eigenvalue weighted by molar-refractivity contribution is -0.386. The number of para-hydroxylation sites is 1. The van der Waals surface area contributed by atoms with Gasteiger partial charge in [-0.3, -0.25) is 24.4 Å². The molecule has 1 aromatic carbocycles. The molecule has 2 aromatic heterocycles. The smallest absolute Gasteiger partial charge is 0.316 e. The van der Waals surface area contributed by atoms with E-state index in [0.29, 0.717) is 16.5 Å². The molecule has 0 aliphatic carbocycles. The summed E-state index contributed by atoms with van der Waals surface area (Å²) in [6.45, 7) is 3.11. The maximum Gasteiger partial charge on any atom is 0.316 e. The topological polar surface area (TPSA) is 167 Å². The van der Waals surface area contributed by atoms with Crippen molar-refractivity contribution in [2.75, 3.05) is 19.7 Å². The molecule has 13 nitrogen and oxygen atoms in total. The SMILES string of the molecule is Cc1nn(Cc2noc(C(=O)NCCNC(=O)COc3ccccc3Cl)n2)c(C)c1[N+](=O)[O-]. The first kappa shape index (κ1) is 23.7. The zero-order valence-corrected chi connectivity index (χ0v) is 18.5.